The van der Waals surface area contributed by atoms with Crippen molar-refractivity contribution in [3.05, 3.63) is 27.2 Å². The monoisotopic (exact) mass is 366 g/mol. The summed E-state index contributed by atoms with van der Waals surface area (Å²) < 4.78 is 26.5. The van der Waals surface area contributed by atoms with Gasteiger partial charge in [-0.05, 0) is 26.1 Å². The molecule has 1 unspecified atom stereocenters. The summed E-state index contributed by atoms with van der Waals surface area (Å²) in [6, 6.07) is 2.67. The second-order valence-electron chi connectivity index (χ2n) is 3.74. The maximum atomic E-state index is 12.1. The Balaban J connectivity index is 0.00000324. The van der Waals surface area contributed by atoms with Crippen molar-refractivity contribution in [3.63, 3.8) is 0 Å². The fourth-order valence-corrected chi connectivity index (χ4v) is 3.87. The summed E-state index contributed by atoms with van der Waals surface area (Å²) in [5, 5.41) is 3.19. The molecule has 0 aliphatic carbocycles. The molecule has 0 saturated carbocycles. The van der Waals surface area contributed by atoms with Crippen LogP contribution in [0.5, 0.6) is 0 Å². The fraction of sp³-hybridized carbons (Fsp3) is 0.400. The molecule has 0 bridgehead atoms. The van der Waals surface area contributed by atoms with E-state index in [1.165, 1.54) is 12.1 Å². The molecule has 1 atom stereocenters. The molecule has 4 nitrogen and oxygen atoms in total. The highest BCUT2D eigenvalue weighted by atomic mass is 35.5. The van der Waals surface area contributed by atoms with Crippen molar-refractivity contribution >= 4 is 57.2 Å². The van der Waals surface area contributed by atoms with Crippen LogP contribution in [0.1, 0.15) is 6.92 Å². The summed E-state index contributed by atoms with van der Waals surface area (Å²) in [4.78, 5) is -0.154. The highest BCUT2D eigenvalue weighted by molar-refractivity contribution is 7.89. The summed E-state index contributed by atoms with van der Waals surface area (Å²) in [6.07, 6.45) is 0. The molecule has 9 heteroatoms. The van der Waals surface area contributed by atoms with E-state index in [1.807, 2.05) is 6.92 Å². The Morgan fingerprint density at radius 1 is 1.21 bits per heavy atom. The number of rotatable bonds is 5. The molecule has 1 aromatic carbocycles. The van der Waals surface area contributed by atoms with E-state index in [1.54, 1.807) is 7.05 Å². The smallest absolute Gasteiger partial charge is 0.243 e. The molecule has 0 radical (unpaired) electrons. The number of sulfonamides is 1. The Hall–Kier alpha value is 0.250. The van der Waals surface area contributed by atoms with Gasteiger partial charge in [0.05, 0.1) is 10.0 Å². The molecule has 2 N–H and O–H groups in total. The van der Waals surface area contributed by atoms with Gasteiger partial charge in [-0.25, -0.2) is 13.1 Å². The minimum atomic E-state index is -3.76. The Bertz CT molecular complexity index is 513. The van der Waals surface area contributed by atoms with E-state index < -0.39 is 10.0 Å². The third-order valence-corrected chi connectivity index (χ3v) is 4.87. The standard InChI is InChI=1S/C10H13Cl3N2O2S.ClH/c1-6(14-2)5-15-18(16,17)10-8(12)3-7(11)4-9(10)13;/h3-4,6,14-15H,5H2,1-2H3;1H. The third-order valence-electron chi connectivity index (χ3n) is 2.30. The first-order chi connectivity index (χ1) is 8.27. The molecule has 0 fully saturated rings. The minimum absolute atomic E-state index is 0. The molecule has 1 rings (SSSR count). The second-order valence-corrected chi connectivity index (χ2v) is 6.69. The van der Waals surface area contributed by atoms with Crippen LogP contribution in [0, 0.1) is 0 Å². The second kappa shape index (κ2) is 7.88. The number of likely N-dealkylation sites (N-methyl/N-ethyl adjacent to an activating group) is 1. The van der Waals surface area contributed by atoms with Gasteiger partial charge < -0.3 is 5.32 Å². The normalized spacial score (nSPS) is 12.9. The zero-order chi connectivity index (χ0) is 13.9. The van der Waals surface area contributed by atoms with Crippen molar-refractivity contribution in [1.82, 2.24) is 10.0 Å². The Morgan fingerprint density at radius 3 is 2.11 bits per heavy atom. The summed E-state index contributed by atoms with van der Waals surface area (Å²) >= 11 is 17.5. The predicted octanol–water partition coefficient (Wildman–Crippen LogP) is 2.95. The van der Waals surface area contributed by atoms with E-state index in [0.717, 1.165) is 0 Å². The van der Waals surface area contributed by atoms with Crippen molar-refractivity contribution in [1.29, 1.82) is 0 Å². The molecular formula is C10H14Cl4N2O2S. The van der Waals surface area contributed by atoms with Crippen LogP contribution >= 0.6 is 47.2 Å². The van der Waals surface area contributed by atoms with Crippen molar-refractivity contribution in [2.45, 2.75) is 17.9 Å². The van der Waals surface area contributed by atoms with E-state index in [9.17, 15) is 8.42 Å². The molecule has 110 valence electrons. The van der Waals surface area contributed by atoms with Gasteiger partial charge in [0.2, 0.25) is 10.0 Å². The predicted molar refractivity (Wildman–Crippen MR) is 82.4 cm³/mol. The lowest BCUT2D eigenvalue weighted by Crippen LogP contribution is -2.37. The zero-order valence-electron chi connectivity index (χ0n) is 10.2. The Morgan fingerprint density at radius 2 is 1.68 bits per heavy atom. The molecule has 0 aromatic heterocycles. The zero-order valence-corrected chi connectivity index (χ0v) is 14.1. The molecule has 0 aliphatic rings. The minimum Gasteiger partial charge on any atom is -0.316 e. The average Bonchev–Trinajstić information content (AvgIpc) is 2.24. The van der Waals surface area contributed by atoms with Crippen LogP contribution in [0.4, 0.5) is 0 Å². The maximum absolute atomic E-state index is 12.1. The van der Waals surface area contributed by atoms with Crippen LogP contribution in [0.2, 0.25) is 15.1 Å². The summed E-state index contributed by atoms with van der Waals surface area (Å²) in [5.41, 5.74) is 0. The topological polar surface area (TPSA) is 58.2 Å². The van der Waals surface area contributed by atoms with Crippen molar-refractivity contribution in [2.75, 3.05) is 13.6 Å². The number of hydrogen-bond donors (Lipinski definition) is 2. The van der Waals surface area contributed by atoms with Crippen LogP contribution in [0.15, 0.2) is 17.0 Å². The van der Waals surface area contributed by atoms with Gasteiger partial charge in [-0.2, -0.15) is 0 Å². The van der Waals surface area contributed by atoms with Crippen molar-refractivity contribution < 1.29 is 8.42 Å². The van der Waals surface area contributed by atoms with E-state index in [0.29, 0.717) is 0 Å². The number of halogens is 4. The average molecular weight is 368 g/mol. The largest absolute Gasteiger partial charge is 0.316 e. The van der Waals surface area contributed by atoms with Gasteiger partial charge >= 0.3 is 0 Å². The fourth-order valence-electron chi connectivity index (χ4n) is 1.19. The van der Waals surface area contributed by atoms with Gasteiger partial charge in [0.25, 0.3) is 0 Å². The third kappa shape index (κ3) is 5.27. The number of nitrogens with one attached hydrogen (secondary N) is 2. The lowest BCUT2D eigenvalue weighted by molar-refractivity contribution is 0.554. The first kappa shape index (κ1) is 19.2. The van der Waals surface area contributed by atoms with Crippen LogP contribution in [0.25, 0.3) is 0 Å². The van der Waals surface area contributed by atoms with Gasteiger partial charge in [-0.3, -0.25) is 0 Å². The van der Waals surface area contributed by atoms with E-state index >= 15 is 0 Å². The number of hydrogen-bond acceptors (Lipinski definition) is 3. The first-order valence-corrected chi connectivity index (χ1v) is 7.71. The maximum Gasteiger partial charge on any atom is 0.243 e. The Kier molecular flexibility index (Phi) is 7.98. The van der Waals surface area contributed by atoms with Gasteiger partial charge in [0, 0.05) is 17.6 Å². The van der Waals surface area contributed by atoms with Gasteiger partial charge in [0.1, 0.15) is 4.90 Å². The van der Waals surface area contributed by atoms with Crippen LogP contribution in [-0.4, -0.2) is 28.1 Å². The van der Waals surface area contributed by atoms with Crippen LogP contribution in [0.3, 0.4) is 0 Å². The van der Waals surface area contributed by atoms with Gasteiger partial charge in [-0.1, -0.05) is 34.8 Å². The summed E-state index contributed by atoms with van der Waals surface area (Å²) in [6.45, 7) is 2.07. The molecular weight excluding hydrogens is 354 g/mol. The summed E-state index contributed by atoms with van der Waals surface area (Å²) in [7, 11) is -2.02. The van der Waals surface area contributed by atoms with Gasteiger partial charge in [0.15, 0.2) is 0 Å². The molecule has 0 saturated heterocycles. The first-order valence-electron chi connectivity index (χ1n) is 5.09. The van der Waals surface area contributed by atoms with Crippen molar-refractivity contribution in [3.8, 4) is 0 Å². The lowest BCUT2D eigenvalue weighted by atomic mass is 10.3. The summed E-state index contributed by atoms with van der Waals surface area (Å²) in [5.74, 6) is 0. The highest BCUT2D eigenvalue weighted by Gasteiger charge is 2.22. The van der Waals surface area contributed by atoms with Crippen LogP contribution in [-0.2, 0) is 10.0 Å². The molecule has 0 aliphatic heterocycles. The molecule has 0 amide bonds. The van der Waals surface area contributed by atoms with E-state index in [4.69, 9.17) is 34.8 Å². The molecule has 0 spiro atoms. The van der Waals surface area contributed by atoms with Crippen molar-refractivity contribution in [2.24, 2.45) is 0 Å². The molecule has 1 aromatic rings. The molecule has 19 heavy (non-hydrogen) atoms. The van der Waals surface area contributed by atoms with E-state index in [2.05, 4.69) is 10.0 Å². The highest BCUT2D eigenvalue weighted by Crippen LogP contribution is 2.32. The quantitative estimate of drug-likeness (QED) is 0.841. The number of benzene rings is 1. The van der Waals surface area contributed by atoms with E-state index in [-0.39, 0.29) is 45.0 Å². The Labute approximate surface area is 134 Å². The van der Waals surface area contributed by atoms with Gasteiger partial charge in [-0.15, -0.1) is 12.4 Å². The SMILES string of the molecule is CNC(C)CNS(=O)(=O)c1c(Cl)cc(Cl)cc1Cl.Cl. The lowest BCUT2D eigenvalue weighted by Gasteiger charge is -2.13. The van der Waals surface area contributed by atoms with Crippen LogP contribution < -0.4 is 10.0 Å². The molecule has 0 heterocycles.